The molecule has 2 rings (SSSR count). The minimum atomic E-state index is -0.464. The minimum absolute atomic E-state index is 0.237. The number of ether oxygens (including phenoxy) is 2. The summed E-state index contributed by atoms with van der Waals surface area (Å²) in [5.41, 5.74) is 7.30. The van der Waals surface area contributed by atoms with Gasteiger partial charge in [0.15, 0.2) is 0 Å². The Kier molecular flexibility index (Phi) is 4.84. The largest absolute Gasteiger partial charge is 0.495 e. The van der Waals surface area contributed by atoms with Crippen molar-refractivity contribution in [1.82, 2.24) is 4.90 Å². The monoisotopic (exact) mass is 306 g/mol. The van der Waals surface area contributed by atoms with E-state index < -0.39 is 5.60 Å². The zero-order valence-electron chi connectivity index (χ0n) is 13.9. The molecule has 1 amide bonds. The van der Waals surface area contributed by atoms with Gasteiger partial charge in [-0.2, -0.15) is 0 Å². The standard InChI is InChI=1S/C17H26N2O3/c1-17(2,3)22-16(20)19-9-5-6-13(11-19)12-7-8-15(21-4)14(18)10-12/h7-8,10,13H,5-6,9,11,18H2,1-4H3. The lowest BCUT2D eigenvalue weighted by Gasteiger charge is -2.34. The first-order valence-electron chi connectivity index (χ1n) is 7.71. The van der Waals surface area contributed by atoms with Crippen LogP contribution in [-0.4, -0.2) is 36.8 Å². The molecule has 1 aromatic carbocycles. The van der Waals surface area contributed by atoms with Crippen LogP contribution >= 0.6 is 0 Å². The number of nitrogens with two attached hydrogens (primary N) is 1. The number of amides is 1. The van der Waals surface area contributed by atoms with Crippen molar-refractivity contribution in [1.29, 1.82) is 0 Å². The highest BCUT2D eigenvalue weighted by molar-refractivity contribution is 5.68. The summed E-state index contributed by atoms with van der Waals surface area (Å²) in [4.78, 5) is 14.0. The number of piperidine rings is 1. The molecule has 1 heterocycles. The van der Waals surface area contributed by atoms with Crippen LogP contribution in [0.2, 0.25) is 0 Å². The third kappa shape index (κ3) is 4.06. The molecule has 122 valence electrons. The fraction of sp³-hybridized carbons (Fsp3) is 0.588. The van der Waals surface area contributed by atoms with E-state index in [0.717, 1.165) is 24.9 Å². The number of nitrogen functional groups attached to an aromatic ring is 1. The van der Waals surface area contributed by atoms with Gasteiger partial charge in [0.1, 0.15) is 11.4 Å². The highest BCUT2D eigenvalue weighted by Gasteiger charge is 2.28. The van der Waals surface area contributed by atoms with Crippen LogP contribution < -0.4 is 10.5 Å². The van der Waals surface area contributed by atoms with Gasteiger partial charge >= 0.3 is 6.09 Å². The lowest BCUT2D eigenvalue weighted by Crippen LogP contribution is -2.42. The fourth-order valence-corrected chi connectivity index (χ4v) is 2.75. The maximum atomic E-state index is 12.2. The molecule has 2 N–H and O–H groups in total. The minimum Gasteiger partial charge on any atom is -0.495 e. The smallest absolute Gasteiger partial charge is 0.410 e. The number of carbonyl (C=O) groups is 1. The number of hydrogen-bond donors (Lipinski definition) is 1. The average Bonchev–Trinajstić information content (AvgIpc) is 2.45. The van der Waals surface area contributed by atoms with Gasteiger partial charge in [0.25, 0.3) is 0 Å². The van der Waals surface area contributed by atoms with Gasteiger partial charge in [0.05, 0.1) is 12.8 Å². The molecule has 0 spiro atoms. The molecule has 5 heteroatoms. The quantitative estimate of drug-likeness (QED) is 0.851. The first-order valence-corrected chi connectivity index (χ1v) is 7.71. The Morgan fingerprint density at radius 1 is 1.36 bits per heavy atom. The summed E-state index contributed by atoms with van der Waals surface area (Å²) in [5.74, 6) is 0.970. The van der Waals surface area contributed by atoms with Crippen molar-refractivity contribution in [3.05, 3.63) is 23.8 Å². The molecular weight excluding hydrogens is 280 g/mol. The van der Waals surface area contributed by atoms with Crippen molar-refractivity contribution in [2.45, 2.75) is 45.1 Å². The van der Waals surface area contributed by atoms with E-state index in [1.54, 1.807) is 12.0 Å². The van der Waals surface area contributed by atoms with Crippen LogP contribution in [0.5, 0.6) is 5.75 Å². The Morgan fingerprint density at radius 2 is 2.09 bits per heavy atom. The van der Waals surface area contributed by atoms with Gasteiger partial charge < -0.3 is 20.1 Å². The Hall–Kier alpha value is -1.91. The molecule has 1 aliphatic heterocycles. The van der Waals surface area contributed by atoms with E-state index in [-0.39, 0.29) is 12.0 Å². The summed E-state index contributed by atoms with van der Waals surface area (Å²) in [6.07, 6.45) is 1.78. The van der Waals surface area contributed by atoms with Crippen LogP contribution in [0.1, 0.15) is 45.1 Å². The number of likely N-dealkylation sites (tertiary alicyclic amines) is 1. The Morgan fingerprint density at radius 3 is 2.68 bits per heavy atom. The Balaban J connectivity index is 2.07. The second-order valence-electron chi connectivity index (χ2n) is 6.77. The predicted octanol–water partition coefficient (Wildman–Crippen LogP) is 3.39. The third-order valence-corrected chi connectivity index (χ3v) is 3.80. The Bertz CT molecular complexity index is 537. The van der Waals surface area contributed by atoms with Crippen LogP contribution in [0.4, 0.5) is 10.5 Å². The third-order valence-electron chi connectivity index (χ3n) is 3.80. The van der Waals surface area contributed by atoms with Crippen LogP contribution in [0.3, 0.4) is 0 Å². The highest BCUT2D eigenvalue weighted by atomic mass is 16.6. The summed E-state index contributed by atoms with van der Waals surface area (Å²) in [7, 11) is 1.61. The van der Waals surface area contributed by atoms with Crippen LogP contribution in [0, 0.1) is 0 Å². The molecule has 1 aliphatic rings. The van der Waals surface area contributed by atoms with Gasteiger partial charge in [-0.25, -0.2) is 4.79 Å². The second kappa shape index (κ2) is 6.46. The number of carbonyl (C=O) groups excluding carboxylic acids is 1. The molecule has 1 atom stereocenters. The summed E-state index contributed by atoms with van der Waals surface area (Å²) < 4.78 is 10.7. The van der Waals surface area contributed by atoms with Crippen LogP contribution in [0.15, 0.2) is 18.2 Å². The second-order valence-corrected chi connectivity index (χ2v) is 6.77. The lowest BCUT2D eigenvalue weighted by molar-refractivity contribution is 0.0198. The summed E-state index contributed by atoms with van der Waals surface area (Å²) in [6, 6.07) is 5.86. The normalized spacial score (nSPS) is 18.9. The number of hydrogen-bond acceptors (Lipinski definition) is 4. The van der Waals surface area contributed by atoms with Crippen molar-refractivity contribution in [2.24, 2.45) is 0 Å². The first kappa shape index (κ1) is 16.5. The highest BCUT2D eigenvalue weighted by Crippen LogP contribution is 2.31. The molecule has 0 bridgehead atoms. The average molecular weight is 306 g/mol. The van der Waals surface area contributed by atoms with E-state index >= 15 is 0 Å². The zero-order valence-corrected chi connectivity index (χ0v) is 13.9. The van der Waals surface area contributed by atoms with E-state index in [0.29, 0.717) is 18.0 Å². The molecule has 22 heavy (non-hydrogen) atoms. The van der Waals surface area contributed by atoms with Gasteiger partial charge in [-0.3, -0.25) is 0 Å². The van der Waals surface area contributed by atoms with E-state index in [4.69, 9.17) is 15.2 Å². The topological polar surface area (TPSA) is 64.8 Å². The summed E-state index contributed by atoms with van der Waals surface area (Å²) in [6.45, 7) is 7.07. The number of rotatable bonds is 2. The fourth-order valence-electron chi connectivity index (χ4n) is 2.75. The van der Waals surface area contributed by atoms with Crippen LogP contribution in [-0.2, 0) is 4.74 Å². The Labute approximate surface area is 132 Å². The molecule has 1 fully saturated rings. The van der Waals surface area contributed by atoms with Gasteiger partial charge in [-0.05, 0) is 51.3 Å². The predicted molar refractivity (Wildman–Crippen MR) is 87.2 cm³/mol. The van der Waals surface area contributed by atoms with E-state index in [2.05, 4.69) is 0 Å². The van der Waals surface area contributed by atoms with E-state index in [1.807, 2.05) is 39.0 Å². The van der Waals surface area contributed by atoms with E-state index in [9.17, 15) is 4.79 Å². The first-order chi connectivity index (χ1) is 10.3. The number of methoxy groups -OCH3 is 1. The molecule has 5 nitrogen and oxygen atoms in total. The maximum absolute atomic E-state index is 12.2. The van der Waals surface area contributed by atoms with Gasteiger partial charge in [0.2, 0.25) is 0 Å². The van der Waals surface area contributed by atoms with Crippen molar-refractivity contribution >= 4 is 11.8 Å². The summed E-state index contributed by atoms with van der Waals surface area (Å²) >= 11 is 0. The lowest BCUT2D eigenvalue weighted by atomic mass is 9.90. The number of benzene rings is 1. The van der Waals surface area contributed by atoms with Crippen LogP contribution in [0.25, 0.3) is 0 Å². The molecule has 0 saturated carbocycles. The molecule has 0 radical (unpaired) electrons. The molecule has 0 aromatic heterocycles. The molecule has 1 saturated heterocycles. The molecule has 1 aromatic rings. The summed E-state index contributed by atoms with van der Waals surface area (Å²) in [5, 5.41) is 0. The maximum Gasteiger partial charge on any atom is 0.410 e. The van der Waals surface area contributed by atoms with Gasteiger partial charge in [-0.15, -0.1) is 0 Å². The van der Waals surface area contributed by atoms with Gasteiger partial charge in [0, 0.05) is 19.0 Å². The SMILES string of the molecule is COc1ccc(C2CCCN(C(=O)OC(C)(C)C)C2)cc1N. The van der Waals surface area contributed by atoms with Crippen molar-refractivity contribution < 1.29 is 14.3 Å². The molecular formula is C17H26N2O3. The molecule has 0 aliphatic carbocycles. The zero-order chi connectivity index (χ0) is 16.3. The molecule has 1 unspecified atom stereocenters. The van der Waals surface area contributed by atoms with Crippen molar-refractivity contribution in [3.63, 3.8) is 0 Å². The van der Waals surface area contributed by atoms with Crippen molar-refractivity contribution in [3.8, 4) is 5.75 Å². The van der Waals surface area contributed by atoms with E-state index in [1.165, 1.54) is 0 Å². The number of nitrogens with zero attached hydrogens (tertiary/aromatic N) is 1. The van der Waals surface area contributed by atoms with Crippen molar-refractivity contribution in [2.75, 3.05) is 25.9 Å². The number of anilines is 1. The van der Waals surface area contributed by atoms with Gasteiger partial charge in [-0.1, -0.05) is 6.07 Å².